The molecule has 0 aliphatic heterocycles. The predicted molar refractivity (Wildman–Crippen MR) is 118 cm³/mol. The highest BCUT2D eigenvalue weighted by Gasteiger charge is 2.07. The fraction of sp³-hybridized carbons (Fsp3) is 0.409. The minimum absolute atomic E-state index is 0.152. The van der Waals surface area contributed by atoms with Crippen LogP contribution in [0.3, 0.4) is 0 Å². The van der Waals surface area contributed by atoms with Crippen LogP contribution in [0.1, 0.15) is 28.4 Å². The molecule has 0 unspecified atom stereocenters. The Morgan fingerprint density at radius 3 is 2.70 bits per heavy atom. The number of nitrogens with zero attached hydrogens (tertiary/aromatic N) is 2. The summed E-state index contributed by atoms with van der Waals surface area (Å²) in [5.74, 6) is 1.33. The number of hydrogen-bond acceptors (Lipinski definition) is 5. The molecule has 0 bridgehead atoms. The largest absolute Gasteiger partial charge is 0.491 e. The van der Waals surface area contributed by atoms with Crippen LogP contribution in [-0.2, 0) is 11.3 Å². The van der Waals surface area contributed by atoms with Gasteiger partial charge in [0.1, 0.15) is 12.4 Å². The van der Waals surface area contributed by atoms with E-state index in [0.717, 1.165) is 16.9 Å². The Hall–Kier alpha value is -3.13. The van der Waals surface area contributed by atoms with Crippen molar-refractivity contribution < 1.29 is 14.3 Å². The zero-order valence-corrected chi connectivity index (χ0v) is 17.9. The average Bonchev–Trinajstić information content (AvgIpc) is 2.77. The summed E-state index contributed by atoms with van der Waals surface area (Å²) < 4.78 is 11.2. The molecule has 2 rings (SSSR count). The van der Waals surface area contributed by atoms with Crippen LogP contribution in [0.4, 0.5) is 0 Å². The fourth-order valence-electron chi connectivity index (χ4n) is 2.65. The monoisotopic (exact) mass is 413 g/mol. The van der Waals surface area contributed by atoms with Crippen LogP contribution in [-0.4, -0.2) is 56.8 Å². The number of rotatable bonds is 11. The number of pyridine rings is 1. The van der Waals surface area contributed by atoms with Gasteiger partial charge in [-0.1, -0.05) is 12.1 Å². The molecule has 1 aromatic heterocycles. The van der Waals surface area contributed by atoms with E-state index >= 15 is 0 Å². The third kappa shape index (κ3) is 8.08. The standard InChI is InChI=1S/C22H31N5O3/c1-4-29-12-13-30-20-14-17(2)7-8-18(20)16-27-22(23-3)26-11-10-25-21(28)19-6-5-9-24-15-19/h5-9,14-15H,4,10-13,16H2,1-3H3,(H,25,28)(H2,23,26,27). The van der Waals surface area contributed by atoms with E-state index < -0.39 is 0 Å². The van der Waals surface area contributed by atoms with E-state index in [0.29, 0.717) is 51.0 Å². The Labute approximate surface area is 178 Å². The molecule has 0 atom stereocenters. The number of amides is 1. The van der Waals surface area contributed by atoms with Gasteiger partial charge >= 0.3 is 0 Å². The number of aryl methyl sites for hydroxylation is 1. The molecule has 1 heterocycles. The zero-order chi connectivity index (χ0) is 21.6. The maximum Gasteiger partial charge on any atom is 0.252 e. The Morgan fingerprint density at radius 1 is 1.13 bits per heavy atom. The van der Waals surface area contributed by atoms with Crippen molar-refractivity contribution in [3.05, 3.63) is 59.4 Å². The van der Waals surface area contributed by atoms with E-state index in [1.807, 2.05) is 26.0 Å². The lowest BCUT2D eigenvalue weighted by Gasteiger charge is -2.15. The van der Waals surface area contributed by atoms with E-state index in [2.05, 4.69) is 32.0 Å². The van der Waals surface area contributed by atoms with Gasteiger partial charge in [-0.05, 0) is 37.6 Å². The number of aromatic nitrogens is 1. The number of aliphatic imine (C=N–C) groups is 1. The normalized spacial score (nSPS) is 11.1. The van der Waals surface area contributed by atoms with E-state index in [1.165, 1.54) is 0 Å². The number of ether oxygens (including phenoxy) is 2. The second-order valence-corrected chi connectivity index (χ2v) is 6.51. The van der Waals surface area contributed by atoms with Crippen molar-refractivity contribution in [3.8, 4) is 5.75 Å². The Morgan fingerprint density at radius 2 is 1.97 bits per heavy atom. The lowest BCUT2D eigenvalue weighted by Crippen LogP contribution is -2.41. The van der Waals surface area contributed by atoms with Gasteiger partial charge in [0.15, 0.2) is 5.96 Å². The molecule has 3 N–H and O–H groups in total. The summed E-state index contributed by atoms with van der Waals surface area (Å²) in [5.41, 5.74) is 2.71. The molecule has 0 saturated heterocycles. The van der Waals surface area contributed by atoms with Crippen molar-refractivity contribution in [2.24, 2.45) is 4.99 Å². The van der Waals surface area contributed by atoms with Gasteiger partial charge in [-0.15, -0.1) is 0 Å². The van der Waals surface area contributed by atoms with Gasteiger partial charge < -0.3 is 25.4 Å². The van der Waals surface area contributed by atoms with Gasteiger partial charge in [-0.2, -0.15) is 0 Å². The van der Waals surface area contributed by atoms with Crippen LogP contribution in [0.2, 0.25) is 0 Å². The Balaban J connectivity index is 1.77. The molecule has 8 heteroatoms. The zero-order valence-electron chi connectivity index (χ0n) is 17.9. The van der Waals surface area contributed by atoms with Crippen LogP contribution in [0.5, 0.6) is 5.75 Å². The first-order valence-electron chi connectivity index (χ1n) is 10.1. The molecule has 8 nitrogen and oxygen atoms in total. The first-order chi connectivity index (χ1) is 14.6. The van der Waals surface area contributed by atoms with Crippen LogP contribution in [0.25, 0.3) is 0 Å². The maximum atomic E-state index is 12.0. The highest BCUT2D eigenvalue weighted by Crippen LogP contribution is 2.20. The van der Waals surface area contributed by atoms with Crippen molar-refractivity contribution in [1.82, 2.24) is 20.9 Å². The minimum Gasteiger partial charge on any atom is -0.491 e. The minimum atomic E-state index is -0.152. The van der Waals surface area contributed by atoms with Gasteiger partial charge in [-0.3, -0.25) is 14.8 Å². The number of benzene rings is 1. The van der Waals surface area contributed by atoms with E-state index in [4.69, 9.17) is 9.47 Å². The fourth-order valence-corrected chi connectivity index (χ4v) is 2.65. The summed E-state index contributed by atoms with van der Waals surface area (Å²) in [6.45, 7) is 7.31. The number of guanidine groups is 1. The molecule has 0 aliphatic rings. The van der Waals surface area contributed by atoms with Crippen molar-refractivity contribution >= 4 is 11.9 Å². The molecule has 2 aromatic rings. The van der Waals surface area contributed by atoms with Crippen LogP contribution < -0.4 is 20.7 Å². The number of carbonyl (C=O) groups is 1. The van der Waals surface area contributed by atoms with E-state index in [-0.39, 0.29) is 5.91 Å². The highest BCUT2D eigenvalue weighted by molar-refractivity contribution is 5.93. The van der Waals surface area contributed by atoms with Crippen LogP contribution in [0.15, 0.2) is 47.7 Å². The van der Waals surface area contributed by atoms with Gasteiger partial charge in [-0.25, -0.2) is 0 Å². The molecule has 30 heavy (non-hydrogen) atoms. The summed E-state index contributed by atoms with van der Waals surface area (Å²) in [4.78, 5) is 20.2. The maximum absolute atomic E-state index is 12.0. The highest BCUT2D eigenvalue weighted by atomic mass is 16.5. The SMILES string of the molecule is CCOCCOc1cc(C)ccc1CNC(=NC)NCCNC(=O)c1cccnc1. The van der Waals surface area contributed by atoms with E-state index in [9.17, 15) is 4.79 Å². The third-order valence-electron chi connectivity index (χ3n) is 4.21. The van der Waals surface area contributed by atoms with Crippen LogP contribution >= 0.6 is 0 Å². The summed E-state index contributed by atoms with van der Waals surface area (Å²) in [6.07, 6.45) is 3.18. The van der Waals surface area contributed by atoms with Crippen molar-refractivity contribution in [2.75, 3.05) is 40.0 Å². The molecule has 0 fully saturated rings. The van der Waals surface area contributed by atoms with Crippen molar-refractivity contribution in [2.45, 2.75) is 20.4 Å². The summed E-state index contributed by atoms with van der Waals surface area (Å²) in [5, 5.41) is 9.30. The summed E-state index contributed by atoms with van der Waals surface area (Å²) in [7, 11) is 1.71. The Bertz CT molecular complexity index is 812. The average molecular weight is 414 g/mol. The molecule has 1 aromatic carbocycles. The first-order valence-corrected chi connectivity index (χ1v) is 10.1. The van der Waals surface area contributed by atoms with Gasteiger partial charge in [0.25, 0.3) is 5.91 Å². The molecule has 1 amide bonds. The molecule has 0 radical (unpaired) electrons. The van der Waals surface area contributed by atoms with Gasteiger partial charge in [0.2, 0.25) is 0 Å². The third-order valence-corrected chi connectivity index (χ3v) is 4.21. The molecule has 0 aliphatic carbocycles. The molecular weight excluding hydrogens is 382 g/mol. The van der Waals surface area contributed by atoms with E-state index in [1.54, 1.807) is 31.6 Å². The lowest BCUT2D eigenvalue weighted by molar-refractivity contribution is 0.0954. The summed E-state index contributed by atoms with van der Waals surface area (Å²) >= 11 is 0. The number of carbonyl (C=O) groups excluding carboxylic acids is 1. The smallest absolute Gasteiger partial charge is 0.252 e. The van der Waals surface area contributed by atoms with Crippen molar-refractivity contribution in [3.63, 3.8) is 0 Å². The predicted octanol–water partition coefficient (Wildman–Crippen LogP) is 1.90. The molecular formula is C22H31N5O3. The van der Waals surface area contributed by atoms with Crippen LogP contribution in [0, 0.1) is 6.92 Å². The number of hydrogen-bond donors (Lipinski definition) is 3. The molecule has 162 valence electrons. The second-order valence-electron chi connectivity index (χ2n) is 6.51. The first kappa shape index (κ1) is 23.2. The topological polar surface area (TPSA) is 96.9 Å². The van der Waals surface area contributed by atoms with Gasteiger partial charge in [0.05, 0.1) is 12.2 Å². The quantitative estimate of drug-likeness (QED) is 0.296. The molecule has 0 saturated carbocycles. The number of nitrogens with one attached hydrogen (secondary N) is 3. The Kier molecular flexibility index (Phi) is 10.2. The van der Waals surface area contributed by atoms with Gasteiger partial charge in [0, 0.05) is 51.2 Å². The van der Waals surface area contributed by atoms with Crippen molar-refractivity contribution in [1.29, 1.82) is 0 Å². The lowest BCUT2D eigenvalue weighted by atomic mass is 10.1. The summed E-state index contributed by atoms with van der Waals surface area (Å²) in [6, 6.07) is 9.58. The second kappa shape index (κ2) is 13.2. The molecule has 0 spiro atoms.